The molecule has 0 bridgehead atoms. The number of nitrogens with zero attached hydrogens (tertiary/aromatic N) is 2. The van der Waals surface area contributed by atoms with Crippen molar-refractivity contribution >= 4 is 11.7 Å². The van der Waals surface area contributed by atoms with Gasteiger partial charge in [-0.05, 0) is 42.5 Å². The number of aryl methyl sites for hydroxylation is 2. The first-order valence-corrected chi connectivity index (χ1v) is 6.45. The second-order valence-corrected chi connectivity index (χ2v) is 4.91. The average Bonchev–Trinajstić information content (AvgIpc) is 2.90. The number of benzene rings is 1. The predicted octanol–water partition coefficient (Wildman–Crippen LogP) is 1.38. The highest BCUT2D eigenvalue weighted by molar-refractivity contribution is 5.94. The van der Waals surface area contributed by atoms with Crippen LogP contribution in [0.3, 0.4) is 0 Å². The summed E-state index contributed by atoms with van der Waals surface area (Å²) in [5.74, 6) is 0.106. The van der Waals surface area contributed by atoms with E-state index >= 15 is 0 Å². The van der Waals surface area contributed by atoms with Crippen molar-refractivity contribution < 1.29 is 10.0 Å². The van der Waals surface area contributed by atoms with Crippen molar-refractivity contribution in [2.75, 3.05) is 13.6 Å². The molecule has 0 unspecified atom stereocenters. The molecule has 0 fully saturated rings. The van der Waals surface area contributed by atoms with Gasteiger partial charge >= 0.3 is 0 Å². The highest BCUT2D eigenvalue weighted by atomic mass is 16.4. The average molecular weight is 261 g/mol. The van der Waals surface area contributed by atoms with E-state index in [-0.39, 0.29) is 11.7 Å². The van der Waals surface area contributed by atoms with Crippen LogP contribution in [0.25, 0.3) is 0 Å². The molecule has 0 aliphatic heterocycles. The number of amidine groups is 1. The van der Waals surface area contributed by atoms with Crippen LogP contribution in [0.5, 0.6) is 0 Å². The van der Waals surface area contributed by atoms with Crippen molar-refractivity contribution in [3.8, 4) is 0 Å². The smallest absolute Gasteiger partial charge is 0.253 e. The van der Waals surface area contributed by atoms with Gasteiger partial charge in [0.05, 0.1) is 0 Å². The van der Waals surface area contributed by atoms with Crippen LogP contribution in [0.4, 0.5) is 0 Å². The summed E-state index contributed by atoms with van der Waals surface area (Å²) in [6.07, 6.45) is 3.71. The fourth-order valence-electron chi connectivity index (χ4n) is 2.36. The minimum Gasteiger partial charge on any atom is -0.409 e. The molecule has 2 rings (SSSR count). The van der Waals surface area contributed by atoms with E-state index in [1.54, 1.807) is 11.9 Å². The van der Waals surface area contributed by atoms with Gasteiger partial charge in [-0.3, -0.25) is 4.79 Å². The van der Waals surface area contributed by atoms with Gasteiger partial charge in [-0.25, -0.2) is 0 Å². The zero-order valence-electron chi connectivity index (χ0n) is 11.1. The lowest BCUT2D eigenvalue weighted by molar-refractivity contribution is 0.0798. The Morgan fingerprint density at radius 3 is 2.89 bits per heavy atom. The van der Waals surface area contributed by atoms with Crippen molar-refractivity contribution in [2.24, 2.45) is 10.9 Å². The molecule has 3 N–H and O–H groups in total. The van der Waals surface area contributed by atoms with E-state index in [2.05, 4.69) is 5.16 Å². The largest absolute Gasteiger partial charge is 0.409 e. The van der Waals surface area contributed by atoms with E-state index in [0.717, 1.165) is 12.8 Å². The van der Waals surface area contributed by atoms with Gasteiger partial charge in [0, 0.05) is 25.6 Å². The Morgan fingerprint density at radius 2 is 2.16 bits per heavy atom. The van der Waals surface area contributed by atoms with Gasteiger partial charge < -0.3 is 15.8 Å². The maximum Gasteiger partial charge on any atom is 0.253 e. The van der Waals surface area contributed by atoms with Crippen LogP contribution in [-0.4, -0.2) is 35.4 Å². The molecule has 102 valence electrons. The quantitative estimate of drug-likeness (QED) is 0.372. The lowest BCUT2D eigenvalue weighted by Gasteiger charge is -2.17. The van der Waals surface area contributed by atoms with Crippen LogP contribution >= 0.6 is 0 Å². The van der Waals surface area contributed by atoms with E-state index in [4.69, 9.17) is 10.9 Å². The number of oxime groups is 1. The predicted molar refractivity (Wildman–Crippen MR) is 73.5 cm³/mol. The van der Waals surface area contributed by atoms with Crippen LogP contribution in [0.1, 0.15) is 34.3 Å². The maximum atomic E-state index is 12.2. The standard InChI is InChI=1S/C14H19N3O2/c1-17(8-7-13(15)16-19)14(18)12-6-5-10-3-2-4-11(10)9-12/h5-6,9,19H,2-4,7-8H2,1H3,(H2,15,16). The minimum atomic E-state index is -0.0274. The highest BCUT2D eigenvalue weighted by Gasteiger charge is 2.16. The van der Waals surface area contributed by atoms with Gasteiger partial charge in [-0.2, -0.15) is 0 Å². The molecule has 19 heavy (non-hydrogen) atoms. The summed E-state index contributed by atoms with van der Waals surface area (Å²) in [5, 5.41) is 11.4. The summed E-state index contributed by atoms with van der Waals surface area (Å²) in [5.41, 5.74) is 8.75. The van der Waals surface area contributed by atoms with Crippen molar-refractivity contribution in [1.82, 2.24) is 4.90 Å². The molecule has 0 radical (unpaired) electrons. The van der Waals surface area contributed by atoms with Gasteiger partial charge in [0.1, 0.15) is 5.84 Å². The monoisotopic (exact) mass is 261 g/mol. The molecule has 0 saturated carbocycles. The van der Waals surface area contributed by atoms with Crippen LogP contribution in [0, 0.1) is 0 Å². The van der Waals surface area contributed by atoms with E-state index in [9.17, 15) is 4.79 Å². The van der Waals surface area contributed by atoms with Crippen LogP contribution in [-0.2, 0) is 12.8 Å². The zero-order chi connectivity index (χ0) is 13.8. The van der Waals surface area contributed by atoms with E-state index in [1.165, 1.54) is 17.5 Å². The first-order valence-electron chi connectivity index (χ1n) is 6.45. The molecule has 1 amide bonds. The Bertz CT molecular complexity index is 511. The third-order valence-corrected chi connectivity index (χ3v) is 3.52. The first-order chi connectivity index (χ1) is 9.11. The van der Waals surface area contributed by atoms with Gasteiger partial charge in [0.15, 0.2) is 0 Å². The normalized spacial score (nSPS) is 14.3. The summed E-state index contributed by atoms with van der Waals surface area (Å²) >= 11 is 0. The summed E-state index contributed by atoms with van der Waals surface area (Å²) in [7, 11) is 1.72. The SMILES string of the molecule is CN(CC/C(N)=N/O)C(=O)c1ccc2c(c1)CCC2. The Labute approximate surface area is 112 Å². The molecule has 0 aromatic heterocycles. The molecule has 1 aromatic carbocycles. The van der Waals surface area contributed by atoms with Crippen molar-refractivity contribution in [3.05, 3.63) is 34.9 Å². The molecular weight excluding hydrogens is 242 g/mol. The van der Waals surface area contributed by atoms with Crippen LogP contribution in [0.2, 0.25) is 0 Å². The number of fused-ring (bicyclic) bond motifs is 1. The van der Waals surface area contributed by atoms with Crippen molar-refractivity contribution in [3.63, 3.8) is 0 Å². The van der Waals surface area contributed by atoms with Gasteiger partial charge in [0.2, 0.25) is 0 Å². The second-order valence-electron chi connectivity index (χ2n) is 4.91. The number of amides is 1. The third-order valence-electron chi connectivity index (χ3n) is 3.52. The second kappa shape index (κ2) is 5.73. The fourth-order valence-corrected chi connectivity index (χ4v) is 2.36. The third kappa shape index (κ3) is 3.05. The Kier molecular flexibility index (Phi) is 4.04. The van der Waals surface area contributed by atoms with Crippen molar-refractivity contribution in [2.45, 2.75) is 25.7 Å². The maximum absolute atomic E-state index is 12.2. The highest BCUT2D eigenvalue weighted by Crippen LogP contribution is 2.23. The van der Waals surface area contributed by atoms with Gasteiger partial charge in [-0.1, -0.05) is 11.2 Å². The van der Waals surface area contributed by atoms with Gasteiger partial charge in [0.25, 0.3) is 5.91 Å². The van der Waals surface area contributed by atoms with E-state index in [0.29, 0.717) is 18.5 Å². The number of nitrogens with two attached hydrogens (primary N) is 1. The molecule has 1 aliphatic rings. The molecule has 0 spiro atoms. The Morgan fingerprint density at radius 1 is 1.42 bits per heavy atom. The molecule has 1 aliphatic carbocycles. The zero-order valence-corrected chi connectivity index (χ0v) is 11.1. The first kappa shape index (κ1) is 13.4. The molecule has 5 nitrogen and oxygen atoms in total. The molecule has 0 saturated heterocycles. The number of hydrogen-bond acceptors (Lipinski definition) is 3. The molecule has 1 aromatic rings. The van der Waals surface area contributed by atoms with Gasteiger partial charge in [-0.15, -0.1) is 0 Å². The Hall–Kier alpha value is -2.04. The molecule has 0 heterocycles. The molecule has 5 heteroatoms. The van der Waals surface area contributed by atoms with Crippen molar-refractivity contribution in [1.29, 1.82) is 0 Å². The molecular formula is C14H19N3O2. The number of carbonyl (C=O) groups excluding carboxylic acids is 1. The molecule has 0 atom stereocenters. The fraction of sp³-hybridized carbons (Fsp3) is 0.429. The summed E-state index contributed by atoms with van der Waals surface area (Å²) in [6.45, 7) is 0.436. The minimum absolute atomic E-state index is 0.0274. The van der Waals surface area contributed by atoms with E-state index < -0.39 is 0 Å². The topological polar surface area (TPSA) is 78.9 Å². The number of rotatable bonds is 4. The van der Waals surface area contributed by atoms with Crippen LogP contribution < -0.4 is 5.73 Å². The Balaban J connectivity index is 2.03. The van der Waals surface area contributed by atoms with E-state index in [1.807, 2.05) is 18.2 Å². The summed E-state index contributed by atoms with van der Waals surface area (Å²) in [6, 6.07) is 5.92. The summed E-state index contributed by atoms with van der Waals surface area (Å²) < 4.78 is 0. The van der Waals surface area contributed by atoms with Crippen LogP contribution in [0.15, 0.2) is 23.4 Å². The number of carbonyl (C=O) groups is 1. The number of hydrogen-bond donors (Lipinski definition) is 2. The summed E-state index contributed by atoms with van der Waals surface area (Å²) in [4.78, 5) is 13.8. The lowest BCUT2D eigenvalue weighted by Crippen LogP contribution is -2.30. The lowest BCUT2D eigenvalue weighted by atomic mass is 10.1.